The predicted octanol–water partition coefficient (Wildman–Crippen LogP) is 5.69. The van der Waals surface area contributed by atoms with Gasteiger partial charge >= 0.3 is 5.97 Å². The number of carbonyl (C=O) groups excluding carboxylic acids is 1. The molecule has 0 amide bonds. The minimum Gasteiger partial charge on any atom is -0.300 e. The van der Waals surface area contributed by atoms with E-state index < -0.39 is 11.4 Å². The SMILES string of the molecule is CCCCC(C)(C(=O)OO)C(C)(C)C(C)CCC(C)(C)C. The largest absolute Gasteiger partial charge is 0.348 e. The van der Waals surface area contributed by atoms with Gasteiger partial charge in [0.25, 0.3) is 0 Å². The van der Waals surface area contributed by atoms with E-state index in [2.05, 4.69) is 53.4 Å². The van der Waals surface area contributed by atoms with E-state index in [1.54, 1.807) is 0 Å². The third-order valence-corrected chi connectivity index (χ3v) is 5.55. The predicted molar refractivity (Wildman–Crippen MR) is 88.0 cm³/mol. The van der Waals surface area contributed by atoms with Gasteiger partial charge < -0.3 is 4.89 Å². The molecule has 1 N–H and O–H groups in total. The van der Waals surface area contributed by atoms with Gasteiger partial charge in [0.05, 0.1) is 5.41 Å². The number of carbonyl (C=O) groups is 1. The van der Waals surface area contributed by atoms with Gasteiger partial charge in [0.2, 0.25) is 0 Å². The van der Waals surface area contributed by atoms with Crippen LogP contribution in [0.25, 0.3) is 0 Å². The molecule has 0 radical (unpaired) electrons. The first kappa shape index (κ1) is 20.4. The van der Waals surface area contributed by atoms with Crippen molar-refractivity contribution in [3.05, 3.63) is 0 Å². The molecule has 0 aliphatic rings. The topological polar surface area (TPSA) is 46.5 Å². The maximum Gasteiger partial charge on any atom is 0.348 e. The third kappa shape index (κ3) is 5.28. The van der Waals surface area contributed by atoms with Crippen LogP contribution >= 0.6 is 0 Å². The van der Waals surface area contributed by atoms with Crippen LogP contribution in [0.5, 0.6) is 0 Å². The lowest BCUT2D eigenvalue weighted by Gasteiger charge is -2.46. The molecular formula is C18H36O3. The van der Waals surface area contributed by atoms with E-state index in [0.29, 0.717) is 11.3 Å². The van der Waals surface area contributed by atoms with Crippen molar-refractivity contribution < 1.29 is 14.9 Å². The van der Waals surface area contributed by atoms with Crippen LogP contribution < -0.4 is 0 Å². The highest BCUT2D eigenvalue weighted by atomic mass is 17.1. The second kappa shape index (κ2) is 7.62. The van der Waals surface area contributed by atoms with Gasteiger partial charge in [-0.3, -0.25) is 0 Å². The summed E-state index contributed by atoms with van der Waals surface area (Å²) in [5.74, 6) is -0.124. The maximum atomic E-state index is 12.2. The number of unbranched alkanes of at least 4 members (excludes halogenated alkanes) is 1. The van der Waals surface area contributed by atoms with Crippen LogP contribution in [0, 0.1) is 22.2 Å². The second-order valence-electron chi connectivity index (χ2n) is 8.54. The average molecular weight is 300 g/mol. The quantitative estimate of drug-likeness (QED) is 0.463. The fourth-order valence-corrected chi connectivity index (χ4v) is 2.87. The van der Waals surface area contributed by atoms with Crippen LogP contribution in [-0.4, -0.2) is 11.2 Å². The van der Waals surface area contributed by atoms with Crippen LogP contribution in [0.2, 0.25) is 0 Å². The van der Waals surface area contributed by atoms with Crippen molar-refractivity contribution in [2.75, 3.05) is 0 Å². The molecule has 0 saturated carbocycles. The molecule has 0 heterocycles. The number of hydrogen-bond acceptors (Lipinski definition) is 3. The Morgan fingerprint density at radius 2 is 1.62 bits per heavy atom. The zero-order chi connectivity index (χ0) is 16.9. The summed E-state index contributed by atoms with van der Waals surface area (Å²) in [5.41, 5.74) is -0.593. The van der Waals surface area contributed by atoms with Crippen molar-refractivity contribution in [2.45, 2.75) is 87.5 Å². The summed E-state index contributed by atoms with van der Waals surface area (Å²) in [4.78, 5) is 16.4. The van der Waals surface area contributed by atoms with E-state index in [4.69, 9.17) is 5.26 Å². The maximum absolute atomic E-state index is 12.2. The molecule has 2 unspecified atom stereocenters. The molecule has 0 saturated heterocycles. The summed E-state index contributed by atoms with van der Waals surface area (Å²) in [5, 5.41) is 8.92. The van der Waals surface area contributed by atoms with Crippen LogP contribution in [0.4, 0.5) is 0 Å². The van der Waals surface area contributed by atoms with Crippen LogP contribution in [0.1, 0.15) is 87.5 Å². The minimum absolute atomic E-state index is 0.229. The fraction of sp³-hybridized carbons (Fsp3) is 0.944. The summed E-state index contributed by atoms with van der Waals surface area (Å²) in [6.07, 6.45) is 4.92. The molecular weight excluding hydrogens is 264 g/mol. The second-order valence-corrected chi connectivity index (χ2v) is 8.54. The lowest BCUT2D eigenvalue weighted by Crippen LogP contribution is -2.46. The Labute approximate surface area is 131 Å². The summed E-state index contributed by atoms with van der Waals surface area (Å²) in [6, 6.07) is 0. The molecule has 126 valence electrons. The van der Waals surface area contributed by atoms with Gasteiger partial charge in [-0.05, 0) is 42.9 Å². The first-order valence-electron chi connectivity index (χ1n) is 8.28. The molecule has 3 nitrogen and oxygen atoms in total. The smallest absolute Gasteiger partial charge is 0.300 e. The zero-order valence-corrected chi connectivity index (χ0v) is 15.4. The first-order chi connectivity index (χ1) is 9.42. The molecule has 0 aliphatic carbocycles. The van der Waals surface area contributed by atoms with Crippen molar-refractivity contribution >= 4 is 5.97 Å². The van der Waals surface area contributed by atoms with Crippen molar-refractivity contribution in [2.24, 2.45) is 22.2 Å². The van der Waals surface area contributed by atoms with Gasteiger partial charge in [-0.15, -0.1) is 0 Å². The van der Waals surface area contributed by atoms with E-state index in [0.717, 1.165) is 32.1 Å². The Morgan fingerprint density at radius 1 is 1.10 bits per heavy atom. The molecule has 0 rings (SSSR count). The van der Waals surface area contributed by atoms with E-state index >= 15 is 0 Å². The lowest BCUT2D eigenvalue weighted by atomic mass is 9.57. The summed E-state index contributed by atoms with van der Waals surface area (Å²) in [6.45, 7) is 17.2. The minimum atomic E-state index is -0.658. The summed E-state index contributed by atoms with van der Waals surface area (Å²) < 4.78 is 0. The highest BCUT2D eigenvalue weighted by Crippen LogP contribution is 2.50. The van der Waals surface area contributed by atoms with Gasteiger partial charge in [-0.25, -0.2) is 4.79 Å². The van der Waals surface area contributed by atoms with Crippen LogP contribution in [0.3, 0.4) is 0 Å². The molecule has 0 aromatic rings. The summed E-state index contributed by atoms with van der Waals surface area (Å²) >= 11 is 0. The number of hydrogen-bond donors (Lipinski definition) is 1. The Bertz CT molecular complexity index is 328. The van der Waals surface area contributed by atoms with Crippen molar-refractivity contribution in [3.8, 4) is 0 Å². The Morgan fingerprint density at radius 3 is 2.00 bits per heavy atom. The Hall–Kier alpha value is -0.570. The van der Waals surface area contributed by atoms with E-state index in [1.807, 2.05) is 6.92 Å². The molecule has 21 heavy (non-hydrogen) atoms. The van der Waals surface area contributed by atoms with Crippen molar-refractivity contribution in [3.63, 3.8) is 0 Å². The third-order valence-electron chi connectivity index (χ3n) is 5.55. The normalized spacial score (nSPS) is 17.2. The van der Waals surface area contributed by atoms with Gasteiger partial charge in [0.15, 0.2) is 0 Å². The molecule has 0 aromatic carbocycles. The zero-order valence-electron chi connectivity index (χ0n) is 15.4. The molecule has 0 bridgehead atoms. The molecule has 0 aromatic heterocycles. The monoisotopic (exact) mass is 300 g/mol. The molecule has 0 fully saturated rings. The molecule has 0 aliphatic heterocycles. The standard InChI is InChI=1S/C18H36O3/c1-9-10-12-18(8,15(19)21-20)17(6,7)14(2)11-13-16(3,4)5/h14,20H,9-13H2,1-8H3. The van der Waals surface area contributed by atoms with Gasteiger partial charge in [0, 0.05) is 0 Å². The Balaban J connectivity index is 5.20. The van der Waals surface area contributed by atoms with Crippen molar-refractivity contribution in [1.29, 1.82) is 0 Å². The van der Waals surface area contributed by atoms with Crippen molar-refractivity contribution in [1.82, 2.24) is 0 Å². The van der Waals surface area contributed by atoms with Gasteiger partial charge in [0.1, 0.15) is 0 Å². The highest BCUT2D eigenvalue weighted by molar-refractivity contribution is 5.76. The van der Waals surface area contributed by atoms with E-state index in [9.17, 15) is 4.79 Å². The Kier molecular flexibility index (Phi) is 7.41. The van der Waals surface area contributed by atoms with Gasteiger partial charge in [-0.1, -0.05) is 61.3 Å². The van der Waals surface area contributed by atoms with Gasteiger partial charge in [-0.2, -0.15) is 5.26 Å². The van der Waals surface area contributed by atoms with Crippen LogP contribution in [0.15, 0.2) is 0 Å². The number of rotatable bonds is 8. The molecule has 0 spiro atoms. The molecule has 3 heteroatoms. The van der Waals surface area contributed by atoms with Crippen LogP contribution in [-0.2, 0) is 9.68 Å². The van der Waals surface area contributed by atoms with E-state index in [-0.39, 0.29) is 5.41 Å². The fourth-order valence-electron chi connectivity index (χ4n) is 2.87. The highest BCUT2D eigenvalue weighted by Gasteiger charge is 2.50. The molecule has 2 atom stereocenters. The summed E-state index contributed by atoms with van der Waals surface area (Å²) in [7, 11) is 0. The average Bonchev–Trinajstić information content (AvgIpc) is 2.39. The lowest BCUT2D eigenvalue weighted by molar-refractivity contribution is -0.252. The van der Waals surface area contributed by atoms with E-state index in [1.165, 1.54) is 0 Å². The first-order valence-corrected chi connectivity index (χ1v) is 8.28.